The number of carbonyl (C=O) groups excluding carboxylic acids is 1. The maximum Gasteiger partial charge on any atom is 0.226 e. The number of hydrogen-bond donors (Lipinski definition) is 1. The summed E-state index contributed by atoms with van der Waals surface area (Å²) in [6.07, 6.45) is 11.2. The molecule has 0 saturated heterocycles. The Morgan fingerprint density at radius 3 is 2.52 bits per heavy atom. The van der Waals surface area contributed by atoms with Crippen molar-refractivity contribution in [3.8, 4) is 11.5 Å². The second-order valence-electron chi connectivity index (χ2n) is 7.68. The molecule has 0 radical (unpaired) electrons. The van der Waals surface area contributed by atoms with E-state index >= 15 is 0 Å². The van der Waals surface area contributed by atoms with Crippen molar-refractivity contribution in [2.24, 2.45) is 0 Å². The molecule has 2 aromatic heterocycles. The SMILES string of the molecule is O=C(Cc1coc(-c2ccc(Cl)cc2)n1)NCC1(c2ccncc2)CCCCC1. The van der Waals surface area contributed by atoms with Gasteiger partial charge in [0, 0.05) is 34.9 Å². The van der Waals surface area contributed by atoms with E-state index in [0.29, 0.717) is 23.2 Å². The highest BCUT2D eigenvalue weighted by molar-refractivity contribution is 6.30. The lowest BCUT2D eigenvalue weighted by molar-refractivity contribution is -0.120. The van der Waals surface area contributed by atoms with Crippen LogP contribution in [0.4, 0.5) is 0 Å². The first-order valence-electron chi connectivity index (χ1n) is 10.0. The molecule has 0 spiro atoms. The van der Waals surface area contributed by atoms with E-state index in [4.69, 9.17) is 16.0 Å². The van der Waals surface area contributed by atoms with Crippen molar-refractivity contribution in [3.63, 3.8) is 0 Å². The van der Waals surface area contributed by atoms with Gasteiger partial charge in [-0.25, -0.2) is 4.98 Å². The first kappa shape index (κ1) is 19.6. The van der Waals surface area contributed by atoms with Gasteiger partial charge in [-0.2, -0.15) is 0 Å². The Hall–Kier alpha value is -2.66. The summed E-state index contributed by atoms with van der Waals surface area (Å²) >= 11 is 5.92. The van der Waals surface area contributed by atoms with Crippen molar-refractivity contribution >= 4 is 17.5 Å². The Kier molecular flexibility index (Phi) is 5.95. The van der Waals surface area contributed by atoms with Gasteiger partial charge in [-0.05, 0) is 54.8 Å². The van der Waals surface area contributed by atoms with Gasteiger partial charge in [-0.15, -0.1) is 0 Å². The van der Waals surface area contributed by atoms with Crippen LogP contribution in [-0.2, 0) is 16.6 Å². The van der Waals surface area contributed by atoms with Crippen LogP contribution in [0.25, 0.3) is 11.5 Å². The quantitative estimate of drug-likeness (QED) is 0.625. The predicted octanol–water partition coefficient (Wildman–Crippen LogP) is 4.95. The number of rotatable bonds is 6. The number of hydrogen-bond acceptors (Lipinski definition) is 4. The molecular formula is C23H24ClN3O2. The first-order chi connectivity index (χ1) is 14.1. The molecule has 0 bridgehead atoms. The average molecular weight is 410 g/mol. The van der Waals surface area contributed by atoms with Crippen LogP contribution in [0.5, 0.6) is 0 Å². The Balaban J connectivity index is 1.40. The fourth-order valence-electron chi connectivity index (χ4n) is 4.11. The minimum absolute atomic E-state index is 0.00482. The van der Waals surface area contributed by atoms with Crippen molar-refractivity contribution < 1.29 is 9.21 Å². The molecule has 1 aliphatic carbocycles. The van der Waals surface area contributed by atoms with E-state index in [0.717, 1.165) is 18.4 Å². The van der Waals surface area contributed by atoms with Crippen LogP contribution in [0.15, 0.2) is 59.5 Å². The summed E-state index contributed by atoms with van der Waals surface area (Å²) in [4.78, 5) is 21.2. The number of pyridine rings is 1. The van der Waals surface area contributed by atoms with E-state index in [2.05, 4.69) is 27.4 Å². The standard InChI is InChI=1S/C23H24ClN3O2/c24-19-6-4-17(5-7-19)22-27-20(15-29-22)14-21(28)26-16-23(10-2-1-3-11-23)18-8-12-25-13-9-18/h4-9,12-13,15H,1-3,10-11,14,16H2,(H,26,28). The highest BCUT2D eigenvalue weighted by Gasteiger charge is 2.34. The fraction of sp³-hybridized carbons (Fsp3) is 0.348. The average Bonchev–Trinajstić information content (AvgIpc) is 3.22. The topological polar surface area (TPSA) is 68.0 Å². The summed E-state index contributed by atoms with van der Waals surface area (Å²) in [5, 5.41) is 3.80. The molecule has 29 heavy (non-hydrogen) atoms. The molecule has 0 atom stereocenters. The number of amides is 1. The number of nitrogens with zero attached hydrogens (tertiary/aromatic N) is 2. The molecule has 3 aromatic rings. The molecule has 5 nitrogen and oxygen atoms in total. The Labute approximate surface area is 175 Å². The van der Waals surface area contributed by atoms with Gasteiger partial charge in [0.15, 0.2) is 0 Å². The maximum atomic E-state index is 12.6. The lowest BCUT2D eigenvalue weighted by atomic mass is 9.69. The van der Waals surface area contributed by atoms with Crippen molar-refractivity contribution in [1.29, 1.82) is 0 Å². The number of oxazole rings is 1. The van der Waals surface area contributed by atoms with Crippen LogP contribution >= 0.6 is 11.6 Å². The number of halogens is 1. The van der Waals surface area contributed by atoms with Gasteiger partial charge in [0.2, 0.25) is 11.8 Å². The lowest BCUT2D eigenvalue weighted by Gasteiger charge is -2.38. The van der Waals surface area contributed by atoms with E-state index in [1.165, 1.54) is 24.8 Å². The van der Waals surface area contributed by atoms with Gasteiger partial charge in [0.1, 0.15) is 6.26 Å². The summed E-state index contributed by atoms with van der Waals surface area (Å²) in [6, 6.07) is 11.4. The van der Waals surface area contributed by atoms with Crippen LogP contribution in [0, 0.1) is 0 Å². The number of aromatic nitrogens is 2. The molecule has 1 aromatic carbocycles. The summed E-state index contributed by atoms with van der Waals surface area (Å²) in [5.74, 6) is 0.449. The van der Waals surface area contributed by atoms with Crippen LogP contribution in [-0.4, -0.2) is 22.4 Å². The van der Waals surface area contributed by atoms with E-state index in [1.807, 2.05) is 24.5 Å². The van der Waals surface area contributed by atoms with Gasteiger partial charge < -0.3 is 9.73 Å². The van der Waals surface area contributed by atoms with Crippen LogP contribution in [0.3, 0.4) is 0 Å². The highest BCUT2D eigenvalue weighted by Crippen LogP contribution is 2.38. The lowest BCUT2D eigenvalue weighted by Crippen LogP contribution is -2.42. The van der Waals surface area contributed by atoms with Crippen molar-refractivity contribution in [2.45, 2.75) is 43.9 Å². The summed E-state index contributed by atoms with van der Waals surface area (Å²) < 4.78 is 5.53. The number of nitrogens with one attached hydrogen (secondary N) is 1. The zero-order chi connectivity index (χ0) is 20.1. The second-order valence-corrected chi connectivity index (χ2v) is 8.12. The Bertz CT molecular complexity index is 948. The molecule has 6 heteroatoms. The summed E-state index contributed by atoms with van der Waals surface area (Å²) in [6.45, 7) is 0.637. The Morgan fingerprint density at radius 1 is 1.07 bits per heavy atom. The zero-order valence-electron chi connectivity index (χ0n) is 16.2. The predicted molar refractivity (Wildman–Crippen MR) is 113 cm³/mol. The van der Waals surface area contributed by atoms with Crippen LogP contribution in [0.2, 0.25) is 5.02 Å². The monoisotopic (exact) mass is 409 g/mol. The molecule has 2 heterocycles. The molecule has 1 amide bonds. The van der Waals surface area contributed by atoms with E-state index < -0.39 is 0 Å². The molecule has 1 N–H and O–H groups in total. The van der Waals surface area contributed by atoms with E-state index in [9.17, 15) is 4.79 Å². The maximum absolute atomic E-state index is 12.6. The summed E-state index contributed by atoms with van der Waals surface area (Å²) in [7, 11) is 0. The highest BCUT2D eigenvalue weighted by atomic mass is 35.5. The van der Waals surface area contributed by atoms with Gasteiger partial charge >= 0.3 is 0 Å². The van der Waals surface area contributed by atoms with Gasteiger partial charge in [0.25, 0.3) is 0 Å². The third-order valence-corrected chi connectivity index (χ3v) is 5.96. The second kappa shape index (κ2) is 8.78. The van der Waals surface area contributed by atoms with Crippen molar-refractivity contribution in [2.75, 3.05) is 6.54 Å². The third kappa shape index (κ3) is 4.67. The molecular weight excluding hydrogens is 386 g/mol. The molecule has 0 unspecified atom stereocenters. The zero-order valence-corrected chi connectivity index (χ0v) is 17.0. The molecule has 4 rings (SSSR count). The number of carbonyl (C=O) groups is 1. The molecule has 1 aliphatic rings. The molecule has 1 fully saturated rings. The normalized spacial score (nSPS) is 15.8. The van der Waals surface area contributed by atoms with E-state index in [-0.39, 0.29) is 17.7 Å². The van der Waals surface area contributed by atoms with E-state index in [1.54, 1.807) is 18.4 Å². The number of benzene rings is 1. The molecule has 1 saturated carbocycles. The smallest absolute Gasteiger partial charge is 0.226 e. The van der Waals surface area contributed by atoms with Crippen LogP contribution in [0.1, 0.15) is 43.4 Å². The molecule has 150 valence electrons. The summed E-state index contributed by atoms with van der Waals surface area (Å²) in [5.41, 5.74) is 2.71. The third-order valence-electron chi connectivity index (χ3n) is 5.71. The molecule has 0 aliphatic heterocycles. The Morgan fingerprint density at radius 2 is 1.79 bits per heavy atom. The van der Waals surface area contributed by atoms with Crippen molar-refractivity contribution in [1.82, 2.24) is 15.3 Å². The first-order valence-corrected chi connectivity index (χ1v) is 10.4. The largest absolute Gasteiger partial charge is 0.444 e. The van der Waals surface area contributed by atoms with Crippen molar-refractivity contribution in [3.05, 3.63) is 71.3 Å². The van der Waals surface area contributed by atoms with Gasteiger partial charge in [0.05, 0.1) is 12.1 Å². The fourth-order valence-corrected chi connectivity index (χ4v) is 4.24. The van der Waals surface area contributed by atoms with Gasteiger partial charge in [-0.3, -0.25) is 9.78 Å². The van der Waals surface area contributed by atoms with Gasteiger partial charge in [-0.1, -0.05) is 30.9 Å². The van der Waals surface area contributed by atoms with Crippen LogP contribution < -0.4 is 5.32 Å². The minimum Gasteiger partial charge on any atom is -0.444 e. The minimum atomic E-state index is -0.0417.